The summed E-state index contributed by atoms with van der Waals surface area (Å²) < 4.78 is 5.96. The average molecular weight is 311 g/mol. The van der Waals surface area contributed by atoms with Crippen LogP contribution in [-0.2, 0) is 4.74 Å². The zero-order valence-electron chi connectivity index (χ0n) is 15.4. The molecule has 2 fully saturated rings. The molecule has 0 aromatic carbocycles. The quantitative estimate of drug-likeness (QED) is 0.712. The van der Waals surface area contributed by atoms with E-state index in [1.807, 2.05) is 0 Å². The Bertz CT molecular complexity index is 290. The molecule has 1 saturated heterocycles. The van der Waals surface area contributed by atoms with Crippen LogP contribution in [0.25, 0.3) is 0 Å². The maximum Gasteiger partial charge on any atom is 0.0578 e. The number of piperazine rings is 1. The minimum absolute atomic E-state index is 0.394. The van der Waals surface area contributed by atoms with Crippen LogP contribution in [0, 0.1) is 5.92 Å². The van der Waals surface area contributed by atoms with Gasteiger partial charge in [0.1, 0.15) is 0 Å². The molecule has 1 aliphatic carbocycles. The van der Waals surface area contributed by atoms with E-state index in [0.29, 0.717) is 18.2 Å². The van der Waals surface area contributed by atoms with Crippen molar-refractivity contribution in [3.63, 3.8) is 0 Å². The summed E-state index contributed by atoms with van der Waals surface area (Å²) in [6.07, 6.45) is 9.11. The second kappa shape index (κ2) is 9.24. The van der Waals surface area contributed by atoms with E-state index >= 15 is 0 Å². The first-order chi connectivity index (χ1) is 10.5. The predicted molar refractivity (Wildman–Crippen MR) is 94.4 cm³/mol. The number of nitrogens with zero attached hydrogens (tertiary/aromatic N) is 2. The second-order valence-corrected chi connectivity index (χ2v) is 7.94. The molecule has 0 bridgehead atoms. The molecule has 22 heavy (non-hydrogen) atoms. The van der Waals surface area contributed by atoms with Gasteiger partial charge in [-0.25, -0.2) is 0 Å². The molecule has 1 heterocycles. The van der Waals surface area contributed by atoms with Crippen LogP contribution in [0.3, 0.4) is 0 Å². The van der Waals surface area contributed by atoms with Crippen molar-refractivity contribution in [2.75, 3.05) is 32.7 Å². The van der Waals surface area contributed by atoms with Gasteiger partial charge in [-0.2, -0.15) is 0 Å². The molecule has 3 nitrogen and oxygen atoms in total. The fourth-order valence-electron chi connectivity index (χ4n) is 4.05. The molecule has 1 aliphatic heterocycles. The maximum absolute atomic E-state index is 5.96. The van der Waals surface area contributed by atoms with Crippen molar-refractivity contribution in [2.24, 2.45) is 5.92 Å². The van der Waals surface area contributed by atoms with E-state index in [1.165, 1.54) is 71.2 Å². The van der Waals surface area contributed by atoms with Crippen LogP contribution in [0.4, 0.5) is 0 Å². The van der Waals surface area contributed by atoms with E-state index in [9.17, 15) is 0 Å². The van der Waals surface area contributed by atoms with Crippen molar-refractivity contribution in [1.29, 1.82) is 0 Å². The van der Waals surface area contributed by atoms with E-state index in [1.54, 1.807) is 0 Å². The highest BCUT2D eigenvalue weighted by molar-refractivity contribution is 4.76. The molecule has 0 atom stereocenters. The molecule has 0 N–H and O–H groups in total. The standard InChI is InChI=1S/C19H38N2O/c1-16(2)21-14-12-20(13-15-21)11-5-6-18-7-9-19(10-8-18)22-17(3)4/h16-19H,5-15H2,1-4H3/t18-,19-. The molecule has 3 heteroatoms. The lowest BCUT2D eigenvalue weighted by atomic mass is 9.84. The average Bonchev–Trinajstić information content (AvgIpc) is 2.49. The minimum Gasteiger partial charge on any atom is -0.376 e. The molecule has 0 spiro atoms. The van der Waals surface area contributed by atoms with Crippen LogP contribution < -0.4 is 0 Å². The van der Waals surface area contributed by atoms with Crippen LogP contribution >= 0.6 is 0 Å². The Hall–Kier alpha value is -0.120. The Morgan fingerprint density at radius 1 is 0.909 bits per heavy atom. The van der Waals surface area contributed by atoms with Gasteiger partial charge in [0.25, 0.3) is 0 Å². The molecule has 2 rings (SSSR count). The van der Waals surface area contributed by atoms with E-state index in [4.69, 9.17) is 4.74 Å². The molecule has 2 aliphatic rings. The van der Waals surface area contributed by atoms with E-state index in [-0.39, 0.29) is 0 Å². The summed E-state index contributed by atoms with van der Waals surface area (Å²) >= 11 is 0. The Kier molecular flexibility index (Phi) is 7.66. The Labute approximate surface area is 138 Å². The summed E-state index contributed by atoms with van der Waals surface area (Å²) in [4.78, 5) is 5.28. The normalized spacial score (nSPS) is 28.6. The van der Waals surface area contributed by atoms with Gasteiger partial charge in [0.15, 0.2) is 0 Å². The number of ether oxygens (including phenoxy) is 1. The molecular formula is C19H38N2O. The first-order valence-electron chi connectivity index (χ1n) is 9.66. The Balaban J connectivity index is 1.53. The van der Waals surface area contributed by atoms with E-state index < -0.39 is 0 Å². The second-order valence-electron chi connectivity index (χ2n) is 7.94. The molecule has 0 aromatic heterocycles. The molecule has 0 aromatic rings. The van der Waals surface area contributed by atoms with Crippen molar-refractivity contribution >= 4 is 0 Å². The number of hydrogen-bond donors (Lipinski definition) is 0. The monoisotopic (exact) mass is 310 g/mol. The third kappa shape index (κ3) is 6.17. The smallest absolute Gasteiger partial charge is 0.0578 e. The van der Waals surface area contributed by atoms with Gasteiger partial charge in [0.05, 0.1) is 12.2 Å². The predicted octanol–water partition coefficient (Wildman–Crippen LogP) is 3.78. The highest BCUT2D eigenvalue weighted by Crippen LogP contribution is 2.30. The van der Waals surface area contributed by atoms with E-state index in [2.05, 4.69) is 37.5 Å². The number of rotatable bonds is 7. The third-order valence-electron chi connectivity index (χ3n) is 5.48. The van der Waals surface area contributed by atoms with Gasteiger partial charge in [0.2, 0.25) is 0 Å². The summed E-state index contributed by atoms with van der Waals surface area (Å²) in [7, 11) is 0. The van der Waals surface area contributed by atoms with Crippen molar-refractivity contribution < 1.29 is 4.74 Å². The lowest BCUT2D eigenvalue weighted by Crippen LogP contribution is -2.48. The van der Waals surface area contributed by atoms with Crippen LogP contribution in [-0.4, -0.2) is 60.8 Å². The van der Waals surface area contributed by atoms with Crippen molar-refractivity contribution in [1.82, 2.24) is 9.80 Å². The fourth-order valence-corrected chi connectivity index (χ4v) is 4.05. The molecule has 0 radical (unpaired) electrons. The third-order valence-corrected chi connectivity index (χ3v) is 5.48. The molecular weight excluding hydrogens is 272 g/mol. The van der Waals surface area contributed by atoms with E-state index in [0.717, 1.165) is 5.92 Å². The summed E-state index contributed by atoms with van der Waals surface area (Å²) in [5.41, 5.74) is 0. The van der Waals surface area contributed by atoms with Gasteiger partial charge >= 0.3 is 0 Å². The molecule has 0 amide bonds. The topological polar surface area (TPSA) is 15.7 Å². The summed E-state index contributed by atoms with van der Waals surface area (Å²) in [6, 6.07) is 0.713. The van der Waals surface area contributed by atoms with Crippen molar-refractivity contribution in [2.45, 2.75) is 84.5 Å². The SMILES string of the molecule is CC(C)O[C@H]1CC[C@H](CCCN2CCN(C(C)C)CC2)CC1. The van der Waals surface area contributed by atoms with Gasteiger partial charge in [-0.1, -0.05) is 0 Å². The Morgan fingerprint density at radius 2 is 1.55 bits per heavy atom. The minimum atomic E-state index is 0.394. The van der Waals surface area contributed by atoms with Gasteiger partial charge in [-0.05, 0) is 78.7 Å². The van der Waals surface area contributed by atoms with Crippen molar-refractivity contribution in [3.8, 4) is 0 Å². The Morgan fingerprint density at radius 3 is 2.09 bits per heavy atom. The van der Waals surface area contributed by atoms with Gasteiger partial charge < -0.3 is 9.64 Å². The van der Waals surface area contributed by atoms with Crippen LogP contribution in [0.5, 0.6) is 0 Å². The van der Waals surface area contributed by atoms with Gasteiger partial charge in [-0.15, -0.1) is 0 Å². The van der Waals surface area contributed by atoms with Gasteiger partial charge in [-0.3, -0.25) is 4.90 Å². The van der Waals surface area contributed by atoms with Crippen LogP contribution in [0.15, 0.2) is 0 Å². The highest BCUT2D eigenvalue weighted by atomic mass is 16.5. The molecule has 0 unspecified atom stereocenters. The molecule has 1 saturated carbocycles. The summed E-state index contributed by atoms with van der Waals surface area (Å²) in [5, 5.41) is 0. The summed E-state index contributed by atoms with van der Waals surface area (Å²) in [5.74, 6) is 0.962. The largest absolute Gasteiger partial charge is 0.376 e. The first kappa shape index (κ1) is 18.2. The zero-order chi connectivity index (χ0) is 15.9. The highest BCUT2D eigenvalue weighted by Gasteiger charge is 2.23. The lowest BCUT2D eigenvalue weighted by Gasteiger charge is -2.37. The van der Waals surface area contributed by atoms with Crippen LogP contribution in [0.2, 0.25) is 0 Å². The lowest BCUT2D eigenvalue weighted by molar-refractivity contribution is -0.0205. The fraction of sp³-hybridized carbons (Fsp3) is 1.00. The van der Waals surface area contributed by atoms with Gasteiger partial charge in [0, 0.05) is 32.2 Å². The molecule has 130 valence electrons. The number of hydrogen-bond acceptors (Lipinski definition) is 3. The van der Waals surface area contributed by atoms with Crippen LogP contribution in [0.1, 0.15) is 66.2 Å². The first-order valence-corrected chi connectivity index (χ1v) is 9.66. The summed E-state index contributed by atoms with van der Waals surface area (Å²) in [6.45, 7) is 15.3. The zero-order valence-corrected chi connectivity index (χ0v) is 15.4. The van der Waals surface area contributed by atoms with Crippen molar-refractivity contribution in [3.05, 3.63) is 0 Å². The maximum atomic E-state index is 5.96.